The number of hydrogen-bond acceptors (Lipinski definition) is 1. The average molecular weight is 188 g/mol. The molecule has 1 aliphatic rings. The summed E-state index contributed by atoms with van der Waals surface area (Å²) in [7, 11) is 0. The molecule has 0 bridgehead atoms. The minimum atomic E-state index is -0.363. The third kappa shape index (κ3) is 1.62. The van der Waals surface area contributed by atoms with Crippen LogP contribution in [0.4, 0.5) is 4.79 Å². The lowest BCUT2D eigenvalue weighted by atomic mass is 10.1. The number of urea groups is 1. The molecule has 2 N–H and O–H groups in total. The highest BCUT2D eigenvalue weighted by atomic mass is 16.2. The summed E-state index contributed by atoms with van der Waals surface area (Å²) in [5, 5.41) is 0. The van der Waals surface area contributed by atoms with E-state index in [4.69, 9.17) is 5.73 Å². The summed E-state index contributed by atoms with van der Waals surface area (Å²) in [5.41, 5.74) is 7.39. The molecule has 0 saturated heterocycles. The molecule has 0 aromatic heterocycles. The summed E-state index contributed by atoms with van der Waals surface area (Å²) in [4.78, 5) is 12.5. The van der Waals surface area contributed by atoms with Gasteiger partial charge in [-0.2, -0.15) is 0 Å². The molecule has 1 heterocycles. The highest BCUT2D eigenvalue weighted by molar-refractivity contribution is 5.76. The van der Waals surface area contributed by atoms with Crippen molar-refractivity contribution in [1.82, 2.24) is 4.90 Å². The molecule has 0 aliphatic carbocycles. The lowest BCUT2D eigenvalue weighted by Crippen LogP contribution is -2.41. The average Bonchev–Trinajstić information content (AvgIpc) is 2.13. The van der Waals surface area contributed by atoms with Gasteiger partial charge in [0, 0.05) is 18.7 Å². The lowest BCUT2D eigenvalue weighted by Gasteiger charge is -2.30. The molecule has 14 heavy (non-hydrogen) atoms. The van der Waals surface area contributed by atoms with Crippen molar-refractivity contribution in [1.29, 1.82) is 0 Å². The van der Waals surface area contributed by atoms with Gasteiger partial charge < -0.3 is 5.73 Å². The maximum Gasteiger partial charge on any atom is 0.319 e. The normalized spacial score (nSPS) is 14.6. The number of nitrogens with zero attached hydrogens (tertiary/aromatic N) is 1. The SMILES string of the molecule is NC(=O)N1CC=C1Cc1ccccc1. The van der Waals surface area contributed by atoms with Crippen LogP contribution in [0, 0.1) is 0 Å². The van der Waals surface area contributed by atoms with Gasteiger partial charge in [0.25, 0.3) is 0 Å². The van der Waals surface area contributed by atoms with E-state index in [1.54, 1.807) is 4.90 Å². The standard InChI is InChI=1S/C11H12N2O/c12-11(14)13-7-6-10(13)8-9-4-2-1-3-5-9/h1-6H,7-8H2,(H2,12,14). The Morgan fingerprint density at radius 1 is 1.36 bits per heavy atom. The molecule has 0 spiro atoms. The van der Waals surface area contributed by atoms with E-state index in [0.717, 1.165) is 12.1 Å². The zero-order valence-corrected chi connectivity index (χ0v) is 7.81. The zero-order valence-electron chi connectivity index (χ0n) is 7.81. The number of allylic oxidation sites excluding steroid dienone is 1. The molecule has 0 fully saturated rings. The van der Waals surface area contributed by atoms with Gasteiger partial charge in [-0.05, 0) is 11.6 Å². The van der Waals surface area contributed by atoms with E-state index in [2.05, 4.69) is 0 Å². The van der Waals surface area contributed by atoms with Gasteiger partial charge in [0.05, 0.1) is 0 Å². The molecule has 1 aromatic carbocycles. The summed E-state index contributed by atoms with van der Waals surface area (Å²) in [6.07, 6.45) is 2.81. The molecule has 2 rings (SSSR count). The van der Waals surface area contributed by atoms with Gasteiger partial charge in [-0.15, -0.1) is 0 Å². The monoisotopic (exact) mass is 188 g/mol. The summed E-state index contributed by atoms with van der Waals surface area (Å²) in [6, 6.07) is 9.67. The fraction of sp³-hybridized carbons (Fsp3) is 0.182. The Bertz CT molecular complexity index is 370. The van der Waals surface area contributed by atoms with Gasteiger partial charge in [0.1, 0.15) is 0 Å². The first-order valence-corrected chi connectivity index (χ1v) is 4.57. The van der Waals surface area contributed by atoms with Crippen molar-refractivity contribution >= 4 is 6.03 Å². The molecule has 0 atom stereocenters. The Morgan fingerprint density at radius 2 is 2.07 bits per heavy atom. The number of carbonyl (C=O) groups excluding carboxylic acids is 1. The summed E-state index contributed by atoms with van der Waals surface area (Å²) >= 11 is 0. The van der Waals surface area contributed by atoms with Crippen LogP contribution in [-0.4, -0.2) is 17.5 Å². The van der Waals surface area contributed by atoms with Gasteiger partial charge in [-0.3, -0.25) is 4.90 Å². The van der Waals surface area contributed by atoms with E-state index in [1.165, 1.54) is 5.56 Å². The first-order valence-electron chi connectivity index (χ1n) is 4.57. The number of amides is 2. The molecule has 72 valence electrons. The van der Waals surface area contributed by atoms with Crippen molar-refractivity contribution in [2.24, 2.45) is 5.73 Å². The topological polar surface area (TPSA) is 46.3 Å². The van der Waals surface area contributed by atoms with E-state index >= 15 is 0 Å². The summed E-state index contributed by atoms with van der Waals surface area (Å²) < 4.78 is 0. The van der Waals surface area contributed by atoms with E-state index in [-0.39, 0.29) is 6.03 Å². The van der Waals surface area contributed by atoms with Gasteiger partial charge in [0.2, 0.25) is 0 Å². The van der Waals surface area contributed by atoms with Crippen LogP contribution in [-0.2, 0) is 6.42 Å². The number of carbonyl (C=O) groups is 1. The van der Waals surface area contributed by atoms with E-state index in [1.807, 2.05) is 36.4 Å². The van der Waals surface area contributed by atoms with E-state index in [9.17, 15) is 4.79 Å². The second-order valence-corrected chi connectivity index (χ2v) is 3.31. The first-order chi connectivity index (χ1) is 6.77. The number of benzene rings is 1. The minimum Gasteiger partial charge on any atom is -0.351 e. The maximum absolute atomic E-state index is 10.9. The van der Waals surface area contributed by atoms with Gasteiger partial charge in [0.15, 0.2) is 0 Å². The second kappa shape index (κ2) is 3.54. The predicted molar refractivity (Wildman–Crippen MR) is 54.5 cm³/mol. The van der Waals surface area contributed by atoms with Crippen LogP contribution in [0.2, 0.25) is 0 Å². The van der Waals surface area contributed by atoms with Crippen molar-refractivity contribution in [2.75, 3.05) is 6.54 Å². The molecule has 3 heteroatoms. The third-order valence-electron chi connectivity index (χ3n) is 2.35. The van der Waals surface area contributed by atoms with Crippen molar-refractivity contribution in [3.63, 3.8) is 0 Å². The largest absolute Gasteiger partial charge is 0.351 e. The predicted octanol–water partition coefficient (Wildman–Crippen LogP) is 1.51. The first kappa shape index (κ1) is 8.81. The Labute approximate surface area is 82.8 Å². The minimum absolute atomic E-state index is 0.363. The van der Waals surface area contributed by atoms with Crippen molar-refractivity contribution in [3.8, 4) is 0 Å². The Hall–Kier alpha value is -1.77. The molecule has 3 nitrogen and oxygen atoms in total. The van der Waals surface area contributed by atoms with Crippen LogP contribution in [0.1, 0.15) is 5.56 Å². The smallest absolute Gasteiger partial charge is 0.319 e. The summed E-state index contributed by atoms with van der Waals surface area (Å²) in [5.74, 6) is 0. The van der Waals surface area contributed by atoms with Crippen LogP contribution in [0.25, 0.3) is 0 Å². The van der Waals surface area contributed by atoms with Crippen LogP contribution in [0.5, 0.6) is 0 Å². The van der Waals surface area contributed by atoms with Crippen LogP contribution in [0.3, 0.4) is 0 Å². The van der Waals surface area contributed by atoms with Crippen molar-refractivity contribution in [2.45, 2.75) is 6.42 Å². The Kier molecular flexibility index (Phi) is 2.23. The molecule has 2 amide bonds. The third-order valence-corrected chi connectivity index (χ3v) is 2.35. The van der Waals surface area contributed by atoms with Crippen LogP contribution < -0.4 is 5.73 Å². The second-order valence-electron chi connectivity index (χ2n) is 3.31. The highest BCUT2D eigenvalue weighted by Gasteiger charge is 2.21. The molecule has 0 unspecified atom stereocenters. The fourth-order valence-corrected chi connectivity index (χ4v) is 1.52. The van der Waals surface area contributed by atoms with Gasteiger partial charge in [-0.1, -0.05) is 30.3 Å². The lowest BCUT2D eigenvalue weighted by molar-refractivity contribution is 0.217. The quantitative estimate of drug-likeness (QED) is 0.751. The van der Waals surface area contributed by atoms with Gasteiger partial charge in [-0.25, -0.2) is 4.79 Å². The molecular formula is C11H12N2O. The number of hydrogen-bond donors (Lipinski definition) is 1. The maximum atomic E-state index is 10.9. The van der Waals surface area contributed by atoms with Crippen molar-refractivity contribution < 1.29 is 4.79 Å². The summed E-state index contributed by atoms with van der Waals surface area (Å²) in [6.45, 7) is 0.650. The molecule has 1 aromatic rings. The molecule has 0 saturated carbocycles. The Morgan fingerprint density at radius 3 is 2.57 bits per heavy atom. The molecule has 0 radical (unpaired) electrons. The van der Waals surface area contributed by atoms with Crippen LogP contribution >= 0.6 is 0 Å². The highest BCUT2D eigenvalue weighted by Crippen LogP contribution is 2.19. The number of primary amides is 1. The van der Waals surface area contributed by atoms with E-state index in [0.29, 0.717) is 6.54 Å². The number of rotatable bonds is 2. The Balaban J connectivity index is 2.04. The van der Waals surface area contributed by atoms with Crippen molar-refractivity contribution in [3.05, 3.63) is 47.7 Å². The molecular weight excluding hydrogens is 176 g/mol. The fourth-order valence-electron chi connectivity index (χ4n) is 1.52. The van der Waals surface area contributed by atoms with Crippen LogP contribution in [0.15, 0.2) is 42.1 Å². The van der Waals surface area contributed by atoms with E-state index < -0.39 is 0 Å². The molecule has 1 aliphatic heterocycles. The zero-order chi connectivity index (χ0) is 9.97. The van der Waals surface area contributed by atoms with Gasteiger partial charge >= 0.3 is 6.03 Å². The number of nitrogens with two attached hydrogens (primary N) is 1.